The summed E-state index contributed by atoms with van der Waals surface area (Å²) in [5.74, 6) is -0.00802. The SMILES string of the molecule is O=C(NCc1ccc(CN2CCCC2)cc1)c1ccc(N2CCCCC2)cc1. The van der Waals surface area contributed by atoms with Crippen LogP contribution < -0.4 is 10.2 Å². The smallest absolute Gasteiger partial charge is 0.251 e. The fourth-order valence-corrected chi connectivity index (χ4v) is 4.22. The van der Waals surface area contributed by atoms with Crippen LogP contribution >= 0.6 is 0 Å². The summed E-state index contributed by atoms with van der Waals surface area (Å²) in [5.41, 5.74) is 4.45. The Bertz CT molecular complexity index is 757. The first-order valence-corrected chi connectivity index (χ1v) is 10.7. The molecule has 2 aromatic rings. The zero-order valence-electron chi connectivity index (χ0n) is 16.7. The molecule has 2 aliphatic rings. The second kappa shape index (κ2) is 9.24. The molecule has 4 rings (SSSR count). The zero-order chi connectivity index (χ0) is 19.2. The van der Waals surface area contributed by atoms with Crippen LogP contribution in [-0.2, 0) is 13.1 Å². The Morgan fingerprint density at radius 2 is 1.36 bits per heavy atom. The highest BCUT2D eigenvalue weighted by Crippen LogP contribution is 2.20. The van der Waals surface area contributed by atoms with Gasteiger partial charge in [0, 0.05) is 37.4 Å². The average Bonchev–Trinajstić information content (AvgIpc) is 3.27. The Morgan fingerprint density at radius 1 is 0.750 bits per heavy atom. The molecule has 2 heterocycles. The number of nitrogens with one attached hydrogen (secondary N) is 1. The third-order valence-corrected chi connectivity index (χ3v) is 5.93. The summed E-state index contributed by atoms with van der Waals surface area (Å²) in [7, 11) is 0. The van der Waals surface area contributed by atoms with E-state index in [0.29, 0.717) is 6.54 Å². The Hall–Kier alpha value is -2.33. The van der Waals surface area contributed by atoms with Gasteiger partial charge in [-0.2, -0.15) is 0 Å². The van der Waals surface area contributed by atoms with Crippen LogP contribution in [0.1, 0.15) is 53.6 Å². The first-order chi connectivity index (χ1) is 13.8. The summed E-state index contributed by atoms with van der Waals surface area (Å²) >= 11 is 0. The normalized spacial score (nSPS) is 17.6. The zero-order valence-corrected chi connectivity index (χ0v) is 16.7. The number of likely N-dealkylation sites (tertiary alicyclic amines) is 1. The maximum Gasteiger partial charge on any atom is 0.251 e. The van der Waals surface area contributed by atoms with Crippen LogP contribution in [0.3, 0.4) is 0 Å². The molecule has 28 heavy (non-hydrogen) atoms. The van der Waals surface area contributed by atoms with Crippen molar-refractivity contribution in [3.63, 3.8) is 0 Å². The van der Waals surface area contributed by atoms with Gasteiger partial charge in [-0.15, -0.1) is 0 Å². The lowest BCUT2D eigenvalue weighted by molar-refractivity contribution is 0.0951. The van der Waals surface area contributed by atoms with Crippen molar-refractivity contribution in [2.45, 2.75) is 45.2 Å². The summed E-state index contributed by atoms with van der Waals surface area (Å²) in [5, 5.41) is 3.04. The molecular formula is C24H31N3O. The maximum absolute atomic E-state index is 12.5. The molecule has 4 heteroatoms. The topological polar surface area (TPSA) is 35.6 Å². The van der Waals surface area contributed by atoms with E-state index in [1.807, 2.05) is 12.1 Å². The lowest BCUT2D eigenvalue weighted by atomic mass is 10.1. The molecule has 0 bridgehead atoms. The highest BCUT2D eigenvalue weighted by Gasteiger charge is 2.13. The van der Waals surface area contributed by atoms with E-state index in [9.17, 15) is 4.79 Å². The van der Waals surface area contributed by atoms with Crippen molar-refractivity contribution < 1.29 is 4.79 Å². The second-order valence-electron chi connectivity index (χ2n) is 8.08. The fourth-order valence-electron chi connectivity index (χ4n) is 4.22. The largest absolute Gasteiger partial charge is 0.372 e. The molecule has 0 aliphatic carbocycles. The van der Waals surface area contributed by atoms with Crippen molar-refractivity contribution in [1.82, 2.24) is 10.2 Å². The number of anilines is 1. The Morgan fingerprint density at radius 3 is 2.04 bits per heavy atom. The molecule has 1 amide bonds. The summed E-state index contributed by atoms with van der Waals surface area (Å²) < 4.78 is 0. The van der Waals surface area contributed by atoms with Crippen LogP contribution in [0.4, 0.5) is 5.69 Å². The van der Waals surface area contributed by atoms with Gasteiger partial charge in [0.25, 0.3) is 5.91 Å². The van der Waals surface area contributed by atoms with Gasteiger partial charge >= 0.3 is 0 Å². The van der Waals surface area contributed by atoms with Crippen molar-refractivity contribution in [3.05, 3.63) is 65.2 Å². The van der Waals surface area contributed by atoms with E-state index in [0.717, 1.165) is 30.8 Å². The summed E-state index contributed by atoms with van der Waals surface area (Å²) in [4.78, 5) is 17.4. The Balaban J connectivity index is 1.27. The molecule has 0 unspecified atom stereocenters. The maximum atomic E-state index is 12.5. The third-order valence-electron chi connectivity index (χ3n) is 5.93. The monoisotopic (exact) mass is 377 g/mol. The third kappa shape index (κ3) is 4.93. The minimum atomic E-state index is -0.00802. The van der Waals surface area contributed by atoms with Gasteiger partial charge in [0.1, 0.15) is 0 Å². The molecule has 0 atom stereocenters. The summed E-state index contributed by atoms with van der Waals surface area (Å²) in [6, 6.07) is 16.7. The molecule has 4 nitrogen and oxygen atoms in total. The molecule has 0 radical (unpaired) electrons. The van der Waals surface area contributed by atoms with Crippen LogP contribution in [-0.4, -0.2) is 37.0 Å². The first-order valence-electron chi connectivity index (χ1n) is 10.7. The Kier molecular flexibility index (Phi) is 6.27. The van der Waals surface area contributed by atoms with E-state index >= 15 is 0 Å². The first kappa shape index (κ1) is 19.0. The number of nitrogens with zero attached hydrogens (tertiary/aromatic N) is 2. The predicted molar refractivity (Wildman–Crippen MR) is 115 cm³/mol. The van der Waals surface area contributed by atoms with Gasteiger partial charge in [-0.05, 0) is 80.6 Å². The molecule has 1 N–H and O–H groups in total. The van der Waals surface area contributed by atoms with Crippen molar-refractivity contribution >= 4 is 11.6 Å². The number of carbonyl (C=O) groups is 1. The van der Waals surface area contributed by atoms with Crippen LogP contribution in [0.5, 0.6) is 0 Å². The van der Waals surface area contributed by atoms with E-state index < -0.39 is 0 Å². The molecule has 148 valence electrons. The number of hydrogen-bond donors (Lipinski definition) is 1. The number of amides is 1. The van der Waals surface area contributed by atoms with Gasteiger partial charge in [0.05, 0.1) is 0 Å². The standard InChI is InChI=1S/C24H31N3O/c28-24(22-10-12-23(13-11-22)27-16-2-1-3-17-27)25-18-20-6-8-21(9-7-20)19-26-14-4-5-15-26/h6-13H,1-5,14-19H2,(H,25,28). The van der Waals surface area contributed by atoms with E-state index in [1.165, 1.54) is 56.4 Å². The highest BCUT2D eigenvalue weighted by atomic mass is 16.1. The van der Waals surface area contributed by atoms with Crippen molar-refractivity contribution in [3.8, 4) is 0 Å². The number of carbonyl (C=O) groups excluding carboxylic acids is 1. The molecule has 2 aromatic carbocycles. The van der Waals surface area contributed by atoms with Crippen LogP contribution in [0.25, 0.3) is 0 Å². The van der Waals surface area contributed by atoms with Gasteiger partial charge in [-0.3, -0.25) is 9.69 Å². The molecule has 0 saturated carbocycles. The lowest BCUT2D eigenvalue weighted by Gasteiger charge is -2.28. The lowest BCUT2D eigenvalue weighted by Crippen LogP contribution is -2.29. The molecule has 2 saturated heterocycles. The van der Waals surface area contributed by atoms with Crippen molar-refractivity contribution in [2.75, 3.05) is 31.1 Å². The fraction of sp³-hybridized carbons (Fsp3) is 0.458. The van der Waals surface area contributed by atoms with Gasteiger partial charge < -0.3 is 10.2 Å². The highest BCUT2D eigenvalue weighted by molar-refractivity contribution is 5.94. The molecule has 2 fully saturated rings. The van der Waals surface area contributed by atoms with E-state index in [2.05, 4.69) is 51.5 Å². The van der Waals surface area contributed by atoms with E-state index in [4.69, 9.17) is 0 Å². The molecule has 0 aromatic heterocycles. The van der Waals surface area contributed by atoms with E-state index in [-0.39, 0.29) is 5.91 Å². The molecule has 0 spiro atoms. The Labute approximate surface area is 168 Å². The van der Waals surface area contributed by atoms with Crippen LogP contribution in [0, 0.1) is 0 Å². The van der Waals surface area contributed by atoms with Crippen molar-refractivity contribution in [1.29, 1.82) is 0 Å². The molecule has 2 aliphatic heterocycles. The quantitative estimate of drug-likeness (QED) is 0.819. The minimum Gasteiger partial charge on any atom is -0.372 e. The van der Waals surface area contributed by atoms with Gasteiger partial charge in [0.15, 0.2) is 0 Å². The predicted octanol–water partition coefficient (Wildman–Crippen LogP) is 4.20. The van der Waals surface area contributed by atoms with Crippen molar-refractivity contribution in [2.24, 2.45) is 0 Å². The van der Waals surface area contributed by atoms with Gasteiger partial charge in [0.2, 0.25) is 0 Å². The minimum absolute atomic E-state index is 0.00802. The van der Waals surface area contributed by atoms with Gasteiger partial charge in [-0.1, -0.05) is 24.3 Å². The van der Waals surface area contributed by atoms with Crippen LogP contribution in [0.15, 0.2) is 48.5 Å². The van der Waals surface area contributed by atoms with Crippen LogP contribution in [0.2, 0.25) is 0 Å². The average molecular weight is 378 g/mol. The summed E-state index contributed by atoms with van der Waals surface area (Å²) in [6.45, 7) is 6.29. The molecular weight excluding hydrogens is 346 g/mol. The number of rotatable bonds is 6. The van der Waals surface area contributed by atoms with E-state index in [1.54, 1.807) is 0 Å². The second-order valence-corrected chi connectivity index (χ2v) is 8.08. The number of hydrogen-bond acceptors (Lipinski definition) is 3. The van der Waals surface area contributed by atoms with Gasteiger partial charge in [-0.25, -0.2) is 0 Å². The number of piperidine rings is 1. The summed E-state index contributed by atoms with van der Waals surface area (Å²) in [6.07, 6.45) is 6.50. The number of benzene rings is 2.